The molecule has 4 rings (SSSR count). The number of hydrogen-bond acceptors (Lipinski definition) is 7. The third-order valence-corrected chi connectivity index (χ3v) is 5.35. The molecule has 0 spiro atoms. The van der Waals surface area contributed by atoms with E-state index in [4.69, 9.17) is 27.9 Å². The number of urea groups is 1. The van der Waals surface area contributed by atoms with Crippen LogP contribution in [-0.2, 0) is 9.59 Å². The fraction of sp³-hybridized carbons (Fsp3) is 0. The second-order valence-corrected chi connectivity index (χ2v) is 7.65. The number of carbonyl (C=O) groups is 3. The number of amides is 4. The van der Waals surface area contributed by atoms with Crippen LogP contribution in [0.15, 0.2) is 66.4 Å². The number of nitrogens with zero attached hydrogens (tertiary/aromatic N) is 3. The van der Waals surface area contributed by atoms with Crippen molar-refractivity contribution in [2.24, 2.45) is 0 Å². The van der Waals surface area contributed by atoms with E-state index in [1.54, 1.807) is 24.3 Å². The Hall–Kier alpha value is -4.28. The Kier molecular flexibility index (Phi) is 6.26. The van der Waals surface area contributed by atoms with Crippen molar-refractivity contribution < 1.29 is 24.0 Å². The molecule has 1 aliphatic rings. The van der Waals surface area contributed by atoms with Gasteiger partial charge >= 0.3 is 6.03 Å². The summed E-state index contributed by atoms with van der Waals surface area (Å²) in [5.41, 5.74) is 0.190. The van der Waals surface area contributed by atoms with Gasteiger partial charge in [0.2, 0.25) is 5.88 Å². The Morgan fingerprint density at radius 3 is 2.35 bits per heavy atom. The van der Waals surface area contributed by atoms with Gasteiger partial charge in [0, 0.05) is 12.1 Å². The van der Waals surface area contributed by atoms with Crippen molar-refractivity contribution in [3.05, 3.63) is 92.1 Å². The quantitative estimate of drug-likeness (QED) is 0.232. The Balaban J connectivity index is 1.55. The molecule has 34 heavy (non-hydrogen) atoms. The predicted octanol–water partition coefficient (Wildman–Crippen LogP) is 4.76. The van der Waals surface area contributed by atoms with Crippen LogP contribution in [0.5, 0.6) is 11.6 Å². The van der Waals surface area contributed by atoms with Gasteiger partial charge in [-0.2, -0.15) is 0 Å². The van der Waals surface area contributed by atoms with E-state index < -0.39 is 22.8 Å². The molecule has 0 atom stereocenters. The number of benzene rings is 2. The fourth-order valence-corrected chi connectivity index (χ4v) is 3.27. The highest BCUT2D eigenvalue weighted by Gasteiger charge is 2.37. The standard InChI is InChI=1S/C22H12Cl2N4O6/c23-17-7-3-13(10-18(17)24)27-21(30)16(20(29)26-22(27)31)9-12-1-5-15(6-2-12)34-19-8-4-14(11-25-19)28(32)33/h1-11H,(H,26,29,31)/b16-9+. The molecule has 0 bridgehead atoms. The minimum Gasteiger partial charge on any atom is -0.439 e. The summed E-state index contributed by atoms with van der Waals surface area (Å²) in [6.45, 7) is 0. The van der Waals surface area contributed by atoms with Crippen LogP contribution in [0.2, 0.25) is 10.0 Å². The van der Waals surface area contributed by atoms with Crippen molar-refractivity contribution >= 4 is 58.5 Å². The Bertz CT molecular complexity index is 1360. The third-order valence-electron chi connectivity index (χ3n) is 4.61. The predicted molar refractivity (Wildman–Crippen MR) is 123 cm³/mol. The number of barbiturate groups is 1. The molecule has 3 aromatic rings. The van der Waals surface area contributed by atoms with Gasteiger partial charge in [0.25, 0.3) is 17.5 Å². The van der Waals surface area contributed by atoms with E-state index in [0.717, 1.165) is 11.1 Å². The topological polar surface area (TPSA) is 132 Å². The Morgan fingerprint density at radius 2 is 1.74 bits per heavy atom. The summed E-state index contributed by atoms with van der Waals surface area (Å²) in [6, 6.07) is 12.2. The molecule has 1 aliphatic heterocycles. The van der Waals surface area contributed by atoms with Crippen molar-refractivity contribution in [2.75, 3.05) is 4.90 Å². The van der Waals surface area contributed by atoms with Crippen LogP contribution in [0.1, 0.15) is 5.56 Å². The van der Waals surface area contributed by atoms with Gasteiger partial charge in [-0.15, -0.1) is 0 Å². The summed E-state index contributed by atoms with van der Waals surface area (Å²) in [5.74, 6) is -1.16. The number of imide groups is 2. The van der Waals surface area contributed by atoms with Gasteiger partial charge in [-0.3, -0.25) is 25.0 Å². The van der Waals surface area contributed by atoms with Crippen LogP contribution >= 0.6 is 23.2 Å². The summed E-state index contributed by atoms with van der Waals surface area (Å²) >= 11 is 11.9. The molecule has 0 radical (unpaired) electrons. The van der Waals surface area contributed by atoms with Gasteiger partial charge in [0.05, 0.1) is 20.7 Å². The van der Waals surface area contributed by atoms with E-state index in [0.29, 0.717) is 11.3 Å². The first-order valence-electron chi connectivity index (χ1n) is 9.48. The minimum absolute atomic E-state index is 0.139. The molecule has 0 aliphatic carbocycles. The van der Waals surface area contributed by atoms with E-state index in [-0.39, 0.29) is 32.9 Å². The summed E-state index contributed by atoms with van der Waals surface area (Å²) in [7, 11) is 0. The van der Waals surface area contributed by atoms with Crippen LogP contribution in [0, 0.1) is 10.1 Å². The second-order valence-electron chi connectivity index (χ2n) is 6.84. The number of carbonyl (C=O) groups excluding carboxylic acids is 3. The first-order valence-corrected chi connectivity index (χ1v) is 10.2. The lowest BCUT2D eigenvalue weighted by Gasteiger charge is -2.26. The van der Waals surface area contributed by atoms with E-state index >= 15 is 0 Å². The molecule has 1 N–H and O–H groups in total. The van der Waals surface area contributed by atoms with Gasteiger partial charge in [-0.1, -0.05) is 35.3 Å². The van der Waals surface area contributed by atoms with Crippen molar-refractivity contribution in [3.63, 3.8) is 0 Å². The number of nitro groups is 1. The minimum atomic E-state index is -0.912. The van der Waals surface area contributed by atoms with Crippen molar-refractivity contribution in [1.29, 1.82) is 0 Å². The van der Waals surface area contributed by atoms with Crippen molar-refractivity contribution in [3.8, 4) is 11.6 Å². The van der Waals surface area contributed by atoms with E-state index in [1.165, 1.54) is 36.4 Å². The molecule has 2 aromatic carbocycles. The van der Waals surface area contributed by atoms with Gasteiger partial charge in [0.1, 0.15) is 17.5 Å². The first-order chi connectivity index (χ1) is 16.2. The zero-order valence-corrected chi connectivity index (χ0v) is 18.4. The SMILES string of the molecule is O=C1NC(=O)N(c2ccc(Cl)c(Cl)c2)C(=O)/C1=C/c1ccc(Oc2ccc([N+](=O)[O-])cn2)cc1. The summed E-state index contributed by atoms with van der Waals surface area (Å²) in [4.78, 5) is 52.3. The van der Waals surface area contributed by atoms with Gasteiger partial charge in [-0.05, 0) is 42.0 Å². The second kappa shape index (κ2) is 9.30. The van der Waals surface area contributed by atoms with Crippen molar-refractivity contribution in [1.82, 2.24) is 10.3 Å². The average Bonchev–Trinajstić information content (AvgIpc) is 2.80. The van der Waals surface area contributed by atoms with Gasteiger partial charge in [0.15, 0.2) is 0 Å². The highest BCUT2D eigenvalue weighted by Crippen LogP contribution is 2.30. The monoisotopic (exact) mass is 498 g/mol. The molecule has 12 heteroatoms. The maximum Gasteiger partial charge on any atom is 0.335 e. The number of ether oxygens (including phenoxy) is 1. The molecular formula is C22H12Cl2N4O6. The molecule has 4 amide bonds. The summed E-state index contributed by atoms with van der Waals surface area (Å²) in [6.07, 6.45) is 2.39. The molecule has 0 saturated carbocycles. The number of aromatic nitrogens is 1. The van der Waals surface area contributed by atoms with Gasteiger partial charge < -0.3 is 4.74 Å². The zero-order chi connectivity index (χ0) is 24.4. The molecule has 1 fully saturated rings. The number of hydrogen-bond donors (Lipinski definition) is 1. The van der Waals surface area contributed by atoms with E-state index in [9.17, 15) is 24.5 Å². The summed E-state index contributed by atoms with van der Waals surface area (Å²) in [5, 5.41) is 13.2. The van der Waals surface area contributed by atoms with Crippen LogP contribution < -0.4 is 15.0 Å². The smallest absolute Gasteiger partial charge is 0.335 e. The van der Waals surface area contributed by atoms with Crippen molar-refractivity contribution in [2.45, 2.75) is 0 Å². The molecule has 2 heterocycles. The molecule has 10 nitrogen and oxygen atoms in total. The Labute approximate surface area is 201 Å². The number of anilines is 1. The van der Waals surface area contributed by atoms with Crippen LogP contribution in [0.4, 0.5) is 16.2 Å². The maximum absolute atomic E-state index is 12.9. The molecule has 1 aromatic heterocycles. The Morgan fingerprint density at radius 1 is 1.00 bits per heavy atom. The average molecular weight is 499 g/mol. The van der Waals surface area contributed by atoms with E-state index in [2.05, 4.69) is 10.3 Å². The number of pyridine rings is 1. The lowest BCUT2D eigenvalue weighted by atomic mass is 10.1. The number of rotatable bonds is 5. The fourth-order valence-electron chi connectivity index (χ4n) is 2.98. The highest BCUT2D eigenvalue weighted by molar-refractivity contribution is 6.43. The van der Waals surface area contributed by atoms with E-state index in [1.807, 2.05) is 0 Å². The summed E-state index contributed by atoms with van der Waals surface area (Å²) < 4.78 is 5.53. The highest BCUT2D eigenvalue weighted by atomic mass is 35.5. The normalized spacial score (nSPS) is 14.8. The number of nitrogens with one attached hydrogen (secondary N) is 1. The van der Waals surface area contributed by atoms with Crippen LogP contribution in [0.25, 0.3) is 6.08 Å². The maximum atomic E-state index is 12.9. The molecule has 1 saturated heterocycles. The third kappa shape index (κ3) is 4.72. The molecule has 0 unspecified atom stereocenters. The van der Waals surface area contributed by atoms with Crippen LogP contribution in [-0.4, -0.2) is 27.8 Å². The lowest BCUT2D eigenvalue weighted by Crippen LogP contribution is -2.54. The van der Waals surface area contributed by atoms with Gasteiger partial charge in [-0.25, -0.2) is 14.7 Å². The van der Waals surface area contributed by atoms with Crippen LogP contribution in [0.3, 0.4) is 0 Å². The first kappa shape index (κ1) is 22.9. The number of halogens is 2. The molecule has 170 valence electrons. The zero-order valence-electron chi connectivity index (χ0n) is 16.9. The lowest BCUT2D eigenvalue weighted by molar-refractivity contribution is -0.385. The molecular weight excluding hydrogens is 487 g/mol. The largest absolute Gasteiger partial charge is 0.439 e.